The second kappa shape index (κ2) is 8.35. The highest BCUT2D eigenvalue weighted by atomic mass is 32.1. The summed E-state index contributed by atoms with van der Waals surface area (Å²) in [4.78, 5) is 1.14. The van der Waals surface area contributed by atoms with Gasteiger partial charge in [-0.05, 0) is 42.5 Å². The van der Waals surface area contributed by atoms with Crippen LogP contribution >= 0.6 is 11.3 Å². The number of fused-ring (bicyclic) bond motifs is 1. The highest BCUT2D eigenvalue weighted by Crippen LogP contribution is 2.41. The molecule has 2 nitrogen and oxygen atoms in total. The van der Waals surface area contributed by atoms with E-state index in [4.69, 9.17) is 4.74 Å². The Bertz CT molecular complexity index is 634. The van der Waals surface area contributed by atoms with Gasteiger partial charge >= 0.3 is 0 Å². The van der Waals surface area contributed by atoms with Crippen LogP contribution in [0, 0.1) is 0 Å². The number of benzene rings is 1. The normalized spacial score (nSPS) is 20.2. The Balaban J connectivity index is 1.81. The molecule has 0 amide bonds. The van der Waals surface area contributed by atoms with Crippen molar-refractivity contribution in [2.24, 2.45) is 0 Å². The van der Waals surface area contributed by atoms with Gasteiger partial charge in [0, 0.05) is 9.58 Å². The van der Waals surface area contributed by atoms with Crippen LogP contribution in [-0.4, -0.2) is 12.2 Å². The topological polar surface area (TPSA) is 29.5 Å². The van der Waals surface area contributed by atoms with Gasteiger partial charge in [-0.25, -0.2) is 0 Å². The van der Waals surface area contributed by atoms with Crippen molar-refractivity contribution in [2.45, 2.75) is 76.2 Å². The molecular weight excluding hydrogens is 316 g/mol. The molecule has 0 bridgehead atoms. The molecule has 0 aliphatic heterocycles. The number of rotatable bonds is 2. The van der Waals surface area contributed by atoms with Crippen molar-refractivity contribution < 1.29 is 9.84 Å². The Kier molecular flexibility index (Phi) is 6.18. The van der Waals surface area contributed by atoms with Gasteiger partial charge in [-0.15, -0.1) is 11.3 Å². The standard InChI is InChI=1S/C21H30O2S/c1-23-18-12-11-17-15-20(24-19(17)16-18)21(22)13-9-7-5-3-2-4-6-8-10-14-21/h11-12,15-16,22H,2-10,13-14H2,1H3. The second-order valence-corrected chi connectivity index (χ2v) is 8.31. The molecule has 3 heteroatoms. The first-order chi connectivity index (χ1) is 11.7. The molecule has 1 heterocycles. The molecule has 3 rings (SSSR count). The molecule has 1 aromatic heterocycles. The van der Waals surface area contributed by atoms with Gasteiger partial charge in [-0.2, -0.15) is 0 Å². The fourth-order valence-corrected chi connectivity index (χ4v) is 5.05. The van der Waals surface area contributed by atoms with E-state index >= 15 is 0 Å². The first-order valence-electron chi connectivity index (χ1n) is 9.52. The molecule has 1 N–H and O–H groups in total. The van der Waals surface area contributed by atoms with Crippen LogP contribution in [0.4, 0.5) is 0 Å². The molecule has 1 fully saturated rings. The van der Waals surface area contributed by atoms with Crippen molar-refractivity contribution >= 4 is 21.4 Å². The van der Waals surface area contributed by atoms with E-state index < -0.39 is 5.60 Å². The molecule has 1 aliphatic rings. The summed E-state index contributed by atoms with van der Waals surface area (Å²) >= 11 is 1.74. The van der Waals surface area contributed by atoms with Crippen LogP contribution in [0.25, 0.3) is 10.1 Å². The van der Waals surface area contributed by atoms with E-state index in [0.29, 0.717) is 0 Å². The maximum Gasteiger partial charge on any atom is 0.120 e. The number of ether oxygens (including phenoxy) is 1. The van der Waals surface area contributed by atoms with Gasteiger partial charge in [0.1, 0.15) is 5.75 Å². The largest absolute Gasteiger partial charge is 0.497 e. The van der Waals surface area contributed by atoms with E-state index in [1.807, 2.05) is 6.07 Å². The maximum absolute atomic E-state index is 11.4. The molecule has 0 saturated heterocycles. The lowest BCUT2D eigenvalue weighted by Gasteiger charge is -2.27. The molecule has 0 atom stereocenters. The van der Waals surface area contributed by atoms with Crippen LogP contribution in [0.3, 0.4) is 0 Å². The predicted octanol–water partition coefficient (Wildman–Crippen LogP) is 6.40. The van der Waals surface area contributed by atoms with E-state index in [1.54, 1.807) is 18.4 Å². The zero-order valence-corrected chi connectivity index (χ0v) is 15.7. The van der Waals surface area contributed by atoms with E-state index in [0.717, 1.165) is 36.3 Å². The summed E-state index contributed by atoms with van der Waals surface area (Å²) < 4.78 is 6.55. The van der Waals surface area contributed by atoms with Gasteiger partial charge in [0.05, 0.1) is 12.7 Å². The van der Waals surface area contributed by atoms with Crippen molar-refractivity contribution in [1.82, 2.24) is 0 Å². The Morgan fingerprint density at radius 2 is 1.46 bits per heavy atom. The highest BCUT2D eigenvalue weighted by molar-refractivity contribution is 7.19. The van der Waals surface area contributed by atoms with Crippen LogP contribution in [0.2, 0.25) is 0 Å². The number of methoxy groups -OCH3 is 1. The Hall–Kier alpha value is -1.06. The third-order valence-electron chi connectivity index (χ3n) is 5.37. The first kappa shape index (κ1) is 17.8. The molecule has 1 saturated carbocycles. The third-order valence-corrected chi connectivity index (χ3v) is 6.66. The molecule has 2 aromatic rings. The number of hydrogen-bond acceptors (Lipinski definition) is 3. The molecule has 1 aromatic carbocycles. The summed E-state index contributed by atoms with van der Waals surface area (Å²) in [6, 6.07) is 8.39. The second-order valence-electron chi connectivity index (χ2n) is 7.23. The number of thiophene rings is 1. The molecule has 132 valence electrons. The Labute approximate surface area is 149 Å². The summed E-state index contributed by atoms with van der Waals surface area (Å²) in [5.41, 5.74) is -0.643. The SMILES string of the molecule is COc1ccc2cc(C3(O)CCCCCCCCCCC3)sc2c1. The smallest absolute Gasteiger partial charge is 0.120 e. The molecule has 1 aliphatic carbocycles. The van der Waals surface area contributed by atoms with Gasteiger partial charge in [0.25, 0.3) is 0 Å². The lowest BCUT2D eigenvalue weighted by molar-refractivity contribution is 0.0166. The van der Waals surface area contributed by atoms with E-state index in [1.165, 1.54) is 55.0 Å². The van der Waals surface area contributed by atoms with E-state index in [2.05, 4.69) is 18.2 Å². The van der Waals surface area contributed by atoms with Gasteiger partial charge in [0.15, 0.2) is 0 Å². The van der Waals surface area contributed by atoms with Crippen LogP contribution in [-0.2, 0) is 5.60 Å². The van der Waals surface area contributed by atoms with Crippen LogP contribution in [0.5, 0.6) is 5.75 Å². The minimum absolute atomic E-state index is 0.643. The lowest BCUT2D eigenvalue weighted by Crippen LogP contribution is -2.24. The fourth-order valence-electron chi connectivity index (χ4n) is 3.81. The van der Waals surface area contributed by atoms with Crippen molar-refractivity contribution in [3.05, 3.63) is 29.1 Å². The average Bonchev–Trinajstić information content (AvgIpc) is 3.02. The monoisotopic (exact) mass is 346 g/mol. The van der Waals surface area contributed by atoms with E-state index in [9.17, 15) is 5.11 Å². The van der Waals surface area contributed by atoms with Crippen molar-refractivity contribution in [3.8, 4) is 5.75 Å². The van der Waals surface area contributed by atoms with Crippen LogP contribution in [0.1, 0.15) is 75.5 Å². The average molecular weight is 347 g/mol. The Morgan fingerprint density at radius 1 is 0.875 bits per heavy atom. The van der Waals surface area contributed by atoms with Gasteiger partial charge in [-0.1, -0.05) is 57.8 Å². The summed E-state index contributed by atoms with van der Waals surface area (Å²) in [7, 11) is 1.70. The molecule has 0 unspecified atom stereocenters. The Morgan fingerprint density at radius 3 is 2.04 bits per heavy atom. The number of hydrogen-bond donors (Lipinski definition) is 1. The maximum atomic E-state index is 11.4. The summed E-state index contributed by atoms with van der Waals surface area (Å²) in [6.45, 7) is 0. The van der Waals surface area contributed by atoms with Crippen molar-refractivity contribution in [3.63, 3.8) is 0 Å². The van der Waals surface area contributed by atoms with Gasteiger partial charge in [-0.3, -0.25) is 0 Å². The first-order valence-corrected chi connectivity index (χ1v) is 10.3. The van der Waals surface area contributed by atoms with Crippen molar-refractivity contribution in [2.75, 3.05) is 7.11 Å². The lowest BCUT2D eigenvalue weighted by atomic mass is 9.87. The predicted molar refractivity (Wildman–Crippen MR) is 103 cm³/mol. The minimum Gasteiger partial charge on any atom is -0.497 e. The zero-order valence-electron chi connectivity index (χ0n) is 14.9. The summed E-state index contributed by atoms with van der Waals surface area (Å²) in [6.07, 6.45) is 13.3. The quantitative estimate of drug-likeness (QED) is 0.681. The minimum atomic E-state index is -0.643. The summed E-state index contributed by atoms with van der Waals surface area (Å²) in [5, 5.41) is 12.7. The highest BCUT2D eigenvalue weighted by Gasteiger charge is 2.30. The van der Waals surface area contributed by atoms with Gasteiger partial charge < -0.3 is 9.84 Å². The van der Waals surface area contributed by atoms with Crippen molar-refractivity contribution in [1.29, 1.82) is 0 Å². The van der Waals surface area contributed by atoms with Gasteiger partial charge in [0.2, 0.25) is 0 Å². The van der Waals surface area contributed by atoms with Crippen LogP contribution < -0.4 is 4.74 Å². The molecule has 0 radical (unpaired) electrons. The number of aliphatic hydroxyl groups is 1. The molecule has 0 spiro atoms. The molecule has 24 heavy (non-hydrogen) atoms. The summed E-state index contributed by atoms with van der Waals surface area (Å²) in [5.74, 6) is 0.890. The van der Waals surface area contributed by atoms with Crippen LogP contribution in [0.15, 0.2) is 24.3 Å². The van der Waals surface area contributed by atoms with E-state index in [-0.39, 0.29) is 0 Å². The molecular formula is C21H30O2S. The third kappa shape index (κ3) is 4.31. The zero-order chi connectivity index (χ0) is 16.8. The fraction of sp³-hybridized carbons (Fsp3) is 0.619.